The minimum Gasteiger partial charge on any atom is -0.497 e. The van der Waals surface area contributed by atoms with Gasteiger partial charge in [0.25, 0.3) is 5.91 Å². The maximum atomic E-state index is 12.4. The molecule has 3 aromatic rings. The number of aromatic nitrogens is 2. The molecule has 28 heavy (non-hydrogen) atoms. The molecule has 0 atom stereocenters. The summed E-state index contributed by atoms with van der Waals surface area (Å²) in [5, 5.41) is 11.1. The summed E-state index contributed by atoms with van der Waals surface area (Å²) in [6.45, 7) is 3.86. The second kappa shape index (κ2) is 8.39. The average Bonchev–Trinajstić information content (AvgIpc) is 3.22. The maximum Gasteiger partial charge on any atom is 0.289 e. The zero-order valence-electron chi connectivity index (χ0n) is 16.2. The SMILES string of the molecule is COc1ccc(OC)c(-c2cc(C(=O)NN=C(C)c3ccc(C)cc3)[nH]n2)c1. The number of aromatic amines is 1. The number of ether oxygens (including phenoxy) is 2. The quantitative estimate of drug-likeness (QED) is 0.507. The van der Waals surface area contributed by atoms with E-state index >= 15 is 0 Å². The van der Waals surface area contributed by atoms with Crippen LogP contribution in [0.15, 0.2) is 53.6 Å². The van der Waals surface area contributed by atoms with Crippen molar-refractivity contribution in [1.29, 1.82) is 0 Å². The van der Waals surface area contributed by atoms with E-state index in [4.69, 9.17) is 9.47 Å². The third kappa shape index (κ3) is 4.20. The Hall–Kier alpha value is -3.61. The fourth-order valence-electron chi connectivity index (χ4n) is 2.64. The largest absolute Gasteiger partial charge is 0.497 e. The minimum atomic E-state index is -0.382. The molecular weight excluding hydrogens is 356 g/mol. The number of hydrazone groups is 1. The van der Waals surface area contributed by atoms with Gasteiger partial charge in [-0.15, -0.1) is 0 Å². The number of hydrogen-bond acceptors (Lipinski definition) is 5. The first-order valence-corrected chi connectivity index (χ1v) is 8.71. The lowest BCUT2D eigenvalue weighted by Crippen LogP contribution is -2.19. The summed E-state index contributed by atoms with van der Waals surface area (Å²) in [6, 6.07) is 15.0. The Kier molecular flexibility index (Phi) is 5.74. The van der Waals surface area contributed by atoms with Gasteiger partial charge in [0.15, 0.2) is 0 Å². The Balaban J connectivity index is 1.77. The lowest BCUT2D eigenvalue weighted by atomic mass is 10.1. The summed E-state index contributed by atoms with van der Waals surface area (Å²) >= 11 is 0. The van der Waals surface area contributed by atoms with Crippen molar-refractivity contribution in [2.75, 3.05) is 14.2 Å². The van der Waals surface area contributed by atoms with Gasteiger partial charge in [-0.25, -0.2) is 5.43 Å². The second-order valence-corrected chi connectivity index (χ2v) is 6.24. The van der Waals surface area contributed by atoms with Gasteiger partial charge in [-0.05, 0) is 43.7 Å². The van der Waals surface area contributed by atoms with Gasteiger partial charge in [0.05, 0.1) is 25.6 Å². The van der Waals surface area contributed by atoms with Crippen LogP contribution in [0.1, 0.15) is 28.5 Å². The number of hydrogen-bond donors (Lipinski definition) is 2. The number of rotatable bonds is 6. The molecule has 7 nitrogen and oxygen atoms in total. The van der Waals surface area contributed by atoms with Crippen LogP contribution in [-0.4, -0.2) is 36.0 Å². The molecule has 2 aromatic carbocycles. The summed E-state index contributed by atoms with van der Waals surface area (Å²) in [7, 11) is 3.16. The number of nitrogens with zero attached hydrogens (tertiary/aromatic N) is 2. The summed E-state index contributed by atoms with van der Waals surface area (Å²) in [4.78, 5) is 12.4. The lowest BCUT2D eigenvalue weighted by molar-refractivity contribution is 0.0950. The lowest BCUT2D eigenvalue weighted by Gasteiger charge is -2.08. The fourth-order valence-corrected chi connectivity index (χ4v) is 2.64. The highest BCUT2D eigenvalue weighted by molar-refractivity contribution is 6.00. The maximum absolute atomic E-state index is 12.4. The van der Waals surface area contributed by atoms with Gasteiger partial charge in [-0.2, -0.15) is 10.2 Å². The third-order valence-corrected chi connectivity index (χ3v) is 4.30. The first kappa shape index (κ1) is 19.2. The molecule has 0 spiro atoms. The number of methoxy groups -OCH3 is 2. The molecular formula is C21H22N4O3. The topological polar surface area (TPSA) is 88.6 Å². The van der Waals surface area contributed by atoms with Crippen molar-refractivity contribution in [3.63, 3.8) is 0 Å². The van der Waals surface area contributed by atoms with Crippen LogP contribution in [-0.2, 0) is 0 Å². The molecule has 144 valence electrons. The van der Waals surface area contributed by atoms with E-state index in [0.717, 1.165) is 11.1 Å². The molecule has 1 aromatic heterocycles. The van der Waals surface area contributed by atoms with E-state index in [-0.39, 0.29) is 5.91 Å². The standard InChI is InChI=1S/C21H22N4O3/c1-13-5-7-15(8-6-13)14(2)22-25-21(26)19-12-18(23-24-19)17-11-16(27-3)9-10-20(17)28-4/h5-12H,1-4H3,(H,23,24)(H,25,26). The second-order valence-electron chi connectivity index (χ2n) is 6.24. The highest BCUT2D eigenvalue weighted by atomic mass is 16.5. The summed E-state index contributed by atoms with van der Waals surface area (Å²) in [5.74, 6) is 0.919. The molecule has 0 saturated carbocycles. The van der Waals surface area contributed by atoms with E-state index in [0.29, 0.717) is 28.6 Å². The normalized spacial score (nSPS) is 11.2. The van der Waals surface area contributed by atoms with Crippen molar-refractivity contribution < 1.29 is 14.3 Å². The highest BCUT2D eigenvalue weighted by Crippen LogP contribution is 2.32. The Morgan fingerprint density at radius 1 is 1.07 bits per heavy atom. The molecule has 0 radical (unpaired) electrons. The van der Waals surface area contributed by atoms with E-state index in [1.807, 2.05) is 38.1 Å². The predicted octanol–water partition coefficient (Wildman–Crippen LogP) is 3.56. The smallest absolute Gasteiger partial charge is 0.289 e. The van der Waals surface area contributed by atoms with Gasteiger partial charge in [0, 0.05) is 5.56 Å². The van der Waals surface area contributed by atoms with Crippen LogP contribution in [0.2, 0.25) is 0 Å². The van der Waals surface area contributed by atoms with Crippen LogP contribution >= 0.6 is 0 Å². The molecule has 0 unspecified atom stereocenters. The Labute approximate surface area is 163 Å². The molecule has 3 rings (SSSR count). The molecule has 7 heteroatoms. The fraction of sp³-hybridized carbons (Fsp3) is 0.190. The van der Waals surface area contributed by atoms with Crippen molar-refractivity contribution in [1.82, 2.24) is 15.6 Å². The third-order valence-electron chi connectivity index (χ3n) is 4.30. The molecule has 0 aliphatic rings. The van der Waals surface area contributed by atoms with Crippen LogP contribution in [0, 0.1) is 6.92 Å². The average molecular weight is 378 g/mol. The number of H-pyrrole nitrogens is 1. The zero-order chi connectivity index (χ0) is 20.1. The molecule has 0 aliphatic heterocycles. The summed E-state index contributed by atoms with van der Waals surface area (Å²) in [5.41, 5.74) is 6.95. The Bertz CT molecular complexity index is 1010. The number of amides is 1. The molecule has 0 bridgehead atoms. The van der Waals surface area contributed by atoms with Crippen LogP contribution in [0.4, 0.5) is 0 Å². The predicted molar refractivity (Wildman–Crippen MR) is 108 cm³/mol. The van der Waals surface area contributed by atoms with Gasteiger partial charge < -0.3 is 9.47 Å². The van der Waals surface area contributed by atoms with Crippen molar-refractivity contribution in [3.05, 3.63) is 65.4 Å². The van der Waals surface area contributed by atoms with Crippen LogP contribution < -0.4 is 14.9 Å². The molecule has 1 heterocycles. The van der Waals surface area contributed by atoms with E-state index < -0.39 is 0 Å². The van der Waals surface area contributed by atoms with Gasteiger partial charge in [0.2, 0.25) is 0 Å². The first-order valence-electron chi connectivity index (χ1n) is 8.71. The number of carbonyl (C=O) groups is 1. The first-order chi connectivity index (χ1) is 13.5. The Morgan fingerprint density at radius 2 is 1.82 bits per heavy atom. The van der Waals surface area contributed by atoms with Gasteiger partial charge in [-0.1, -0.05) is 29.8 Å². The molecule has 0 fully saturated rings. The number of carbonyl (C=O) groups excluding carboxylic acids is 1. The molecule has 0 aliphatic carbocycles. The molecule has 0 saturated heterocycles. The van der Waals surface area contributed by atoms with E-state index in [2.05, 4.69) is 20.7 Å². The minimum absolute atomic E-state index is 0.292. The zero-order valence-corrected chi connectivity index (χ0v) is 16.2. The van der Waals surface area contributed by atoms with Gasteiger partial charge in [-0.3, -0.25) is 9.89 Å². The number of benzene rings is 2. The van der Waals surface area contributed by atoms with E-state index in [1.165, 1.54) is 5.56 Å². The molecule has 2 N–H and O–H groups in total. The van der Waals surface area contributed by atoms with Crippen molar-refractivity contribution in [3.8, 4) is 22.8 Å². The van der Waals surface area contributed by atoms with Gasteiger partial charge in [0.1, 0.15) is 17.2 Å². The summed E-state index contributed by atoms with van der Waals surface area (Å²) < 4.78 is 10.6. The van der Waals surface area contributed by atoms with E-state index in [9.17, 15) is 4.79 Å². The van der Waals surface area contributed by atoms with Crippen molar-refractivity contribution >= 4 is 11.6 Å². The van der Waals surface area contributed by atoms with Crippen molar-refractivity contribution in [2.45, 2.75) is 13.8 Å². The van der Waals surface area contributed by atoms with Crippen LogP contribution in [0.25, 0.3) is 11.3 Å². The van der Waals surface area contributed by atoms with Crippen LogP contribution in [0.5, 0.6) is 11.5 Å². The van der Waals surface area contributed by atoms with E-state index in [1.54, 1.807) is 38.5 Å². The number of aryl methyl sites for hydroxylation is 1. The van der Waals surface area contributed by atoms with Crippen molar-refractivity contribution in [2.24, 2.45) is 5.10 Å². The summed E-state index contributed by atoms with van der Waals surface area (Å²) in [6.07, 6.45) is 0. The molecule has 1 amide bonds. The van der Waals surface area contributed by atoms with Crippen LogP contribution in [0.3, 0.4) is 0 Å². The van der Waals surface area contributed by atoms with Gasteiger partial charge >= 0.3 is 0 Å². The highest BCUT2D eigenvalue weighted by Gasteiger charge is 2.15. The Morgan fingerprint density at radius 3 is 2.50 bits per heavy atom. The number of nitrogens with one attached hydrogen (secondary N) is 2. The monoisotopic (exact) mass is 378 g/mol.